The van der Waals surface area contributed by atoms with Crippen molar-refractivity contribution in [1.29, 1.82) is 0 Å². The third-order valence-corrected chi connectivity index (χ3v) is 9.47. The molecule has 0 radical (unpaired) electrons. The number of anilines is 1. The van der Waals surface area contributed by atoms with Gasteiger partial charge in [-0.05, 0) is 62.7 Å². The zero-order valence-corrected chi connectivity index (χ0v) is 27.7. The lowest BCUT2D eigenvalue weighted by atomic mass is 9.88. The Morgan fingerprint density at radius 3 is 2.47 bits per heavy atom. The van der Waals surface area contributed by atoms with Gasteiger partial charge in [0.05, 0.1) is 24.3 Å². The Morgan fingerprint density at radius 2 is 1.77 bits per heavy atom. The van der Waals surface area contributed by atoms with Gasteiger partial charge in [-0.15, -0.1) is 0 Å². The van der Waals surface area contributed by atoms with Gasteiger partial charge in [-0.1, -0.05) is 68.7 Å². The van der Waals surface area contributed by atoms with Crippen molar-refractivity contribution in [3.63, 3.8) is 0 Å². The van der Waals surface area contributed by atoms with Crippen LogP contribution in [0.25, 0.3) is 0 Å². The monoisotopic (exact) mass is 650 g/mol. The van der Waals surface area contributed by atoms with E-state index in [4.69, 9.17) is 9.47 Å². The average Bonchev–Trinajstić information content (AvgIpc) is 3.84. The number of allylic oxidation sites excluding steroid dienone is 5. The fourth-order valence-corrected chi connectivity index (χ4v) is 6.21. The second-order valence-electron chi connectivity index (χ2n) is 13.1. The lowest BCUT2D eigenvalue weighted by Crippen LogP contribution is -2.48. The zero-order chi connectivity index (χ0) is 34.0. The molecule has 47 heavy (non-hydrogen) atoms. The van der Waals surface area contributed by atoms with Crippen LogP contribution in [0, 0.1) is 11.8 Å². The number of rotatable bonds is 5. The molecule has 256 valence electrons. The summed E-state index contributed by atoms with van der Waals surface area (Å²) in [4.78, 5) is 39.2. The molecule has 3 aliphatic rings. The molecule has 2 bridgehead atoms. The van der Waals surface area contributed by atoms with Crippen LogP contribution in [0.5, 0.6) is 11.5 Å². The molecule has 1 aliphatic heterocycles. The number of fused-ring (bicyclic) bond motifs is 2. The highest BCUT2D eigenvalue weighted by atomic mass is 16.5. The number of hydrogen-bond acceptors (Lipinski definition) is 8. The van der Waals surface area contributed by atoms with Crippen LogP contribution in [0.1, 0.15) is 83.6 Å². The first-order valence-corrected chi connectivity index (χ1v) is 16.8. The van der Waals surface area contributed by atoms with Gasteiger partial charge in [-0.3, -0.25) is 9.59 Å². The number of esters is 1. The molecular formula is C37H50N2O8. The van der Waals surface area contributed by atoms with Gasteiger partial charge in [0.2, 0.25) is 11.8 Å². The van der Waals surface area contributed by atoms with E-state index in [1.807, 2.05) is 25.2 Å². The van der Waals surface area contributed by atoms with Gasteiger partial charge in [-0.2, -0.15) is 0 Å². The van der Waals surface area contributed by atoms with E-state index < -0.39 is 41.6 Å². The highest BCUT2D eigenvalue weighted by Crippen LogP contribution is 2.39. The van der Waals surface area contributed by atoms with Crippen LogP contribution >= 0.6 is 0 Å². The zero-order valence-electron chi connectivity index (χ0n) is 27.7. The normalized spacial score (nSPS) is 29.1. The SMILES string of the molecule is COC1\C=C/C=C\C=C/CC(OC(=O)C2(NC(=O)C3CCCCC3)CC2)C(C)C(O)/C(C)=C\CCc2cc(O)cc(c2O)NC(=O)C1. The summed E-state index contributed by atoms with van der Waals surface area (Å²) in [5.41, 5.74) is 0.204. The second-order valence-corrected chi connectivity index (χ2v) is 13.1. The van der Waals surface area contributed by atoms with Gasteiger partial charge in [0, 0.05) is 31.4 Å². The molecule has 1 heterocycles. The van der Waals surface area contributed by atoms with Crippen LogP contribution in [0.3, 0.4) is 0 Å². The number of hydrogen-bond donors (Lipinski definition) is 5. The number of phenols is 2. The van der Waals surface area contributed by atoms with E-state index in [-0.39, 0.29) is 35.4 Å². The number of nitrogens with one attached hydrogen (secondary N) is 2. The van der Waals surface area contributed by atoms with Crippen LogP contribution in [0.2, 0.25) is 0 Å². The largest absolute Gasteiger partial charge is 0.508 e. The van der Waals surface area contributed by atoms with Crippen molar-refractivity contribution in [3.05, 3.63) is 65.8 Å². The number of methoxy groups -OCH3 is 1. The van der Waals surface area contributed by atoms with Crippen molar-refractivity contribution in [2.75, 3.05) is 12.4 Å². The summed E-state index contributed by atoms with van der Waals surface area (Å²) in [7, 11) is 1.50. The van der Waals surface area contributed by atoms with E-state index in [2.05, 4.69) is 10.6 Å². The van der Waals surface area contributed by atoms with E-state index >= 15 is 0 Å². The topological polar surface area (TPSA) is 154 Å². The van der Waals surface area contributed by atoms with E-state index in [0.29, 0.717) is 43.2 Å². The van der Waals surface area contributed by atoms with Crippen LogP contribution < -0.4 is 10.6 Å². The Bertz CT molecular complexity index is 1390. The van der Waals surface area contributed by atoms with Crippen molar-refractivity contribution in [2.24, 2.45) is 11.8 Å². The standard InChI is InChI=1S/C37H50N2O8/c1-24-13-12-16-27-21-28(40)22-30(34(27)43)38-32(41)23-29(46-3)17-10-5-4-6-11-18-31(25(2)33(24)42)47-36(45)37(19-20-37)39-35(44)26-14-8-7-9-15-26/h4-6,10-11,13,17,21-22,25-26,29,31,33,40,42-43H,7-9,12,14-16,18-20,23H2,1-3H3,(H,38,41)(H,39,44)/b5-4-,11-6-,17-10-,24-13-. The Labute approximate surface area is 277 Å². The first-order chi connectivity index (χ1) is 22.5. The Balaban J connectivity index is 1.54. The molecule has 5 N–H and O–H groups in total. The predicted octanol–water partition coefficient (Wildman–Crippen LogP) is 5.53. The number of aliphatic hydroxyl groups is 1. The Kier molecular flexibility index (Phi) is 12.8. The maximum Gasteiger partial charge on any atom is 0.332 e. The molecule has 1 aromatic rings. The van der Waals surface area contributed by atoms with Crippen LogP contribution in [0.15, 0.2) is 60.2 Å². The number of aryl methyl sites for hydroxylation is 1. The summed E-state index contributed by atoms with van der Waals surface area (Å²) >= 11 is 0. The molecule has 0 aromatic heterocycles. The number of phenolic OH excluding ortho intramolecular Hbond substituents is 2. The molecule has 2 saturated carbocycles. The smallest absolute Gasteiger partial charge is 0.332 e. The third kappa shape index (κ3) is 10.0. The van der Waals surface area contributed by atoms with Crippen molar-refractivity contribution in [3.8, 4) is 11.5 Å². The molecular weight excluding hydrogens is 600 g/mol. The molecule has 4 atom stereocenters. The lowest BCUT2D eigenvalue weighted by Gasteiger charge is -2.30. The Hall–Kier alpha value is -3.89. The molecule has 2 amide bonds. The number of ether oxygens (including phenoxy) is 2. The number of aromatic hydroxyl groups is 2. The van der Waals surface area contributed by atoms with E-state index in [1.54, 1.807) is 31.2 Å². The molecule has 4 rings (SSSR count). The van der Waals surface area contributed by atoms with Crippen molar-refractivity contribution in [1.82, 2.24) is 5.32 Å². The van der Waals surface area contributed by atoms with Crippen molar-refractivity contribution >= 4 is 23.5 Å². The van der Waals surface area contributed by atoms with E-state index in [9.17, 15) is 29.7 Å². The minimum Gasteiger partial charge on any atom is -0.508 e. The summed E-state index contributed by atoms with van der Waals surface area (Å²) in [5.74, 6) is -1.71. The van der Waals surface area contributed by atoms with Gasteiger partial charge in [0.15, 0.2) is 0 Å². The van der Waals surface area contributed by atoms with Crippen LogP contribution in [-0.2, 0) is 30.3 Å². The highest BCUT2D eigenvalue weighted by molar-refractivity contribution is 5.93. The predicted molar refractivity (Wildman–Crippen MR) is 180 cm³/mol. The summed E-state index contributed by atoms with van der Waals surface area (Å²) in [5, 5.41) is 38.1. The lowest BCUT2D eigenvalue weighted by molar-refractivity contribution is -0.158. The molecule has 4 unspecified atom stereocenters. The number of carbonyl (C=O) groups excluding carboxylic acids is 3. The number of benzene rings is 1. The van der Waals surface area contributed by atoms with Gasteiger partial charge in [-0.25, -0.2) is 4.79 Å². The van der Waals surface area contributed by atoms with Gasteiger partial charge < -0.3 is 35.4 Å². The number of carbonyl (C=O) groups is 3. The quantitative estimate of drug-likeness (QED) is 0.121. The minimum absolute atomic E-state index is 0.00549. The number of aliphatic hydroxyl groups excluding tert-OH is 1. The molecule has 10 nitrogen and oxygen atoms in total. The molecule has 1 aromatic carbocycles. The highest BCUT2D eigenvalue weighted by Gasteiger charge is 2.54. The maximum absolute atomic E-state index is 13.5. The van der Waals surface area contributed by atoms with Crippen LogP contribution in [-0.4, -0.2) is 64.1 Å². The summed E-state index contributed by atoms with van der Waals surface area (Å²) in [6.07, 6.45) is 17.5. The van der Waals surface area contributed by atoms with Crippen molar-refractivity contribution < 1.29 is 39.2 Å². The van der Waals surface area contributed by atoms with Crippen molar-refractivity contribution in [2.45, 2.75) is 108 Å². The summed E-state index contributed by atoms with van der Waals surface area (Å²) < 4.78 is 11.5. The third-order valence-electron chi connectivity index (χ3n) is 9.47. The average molecular weight is 651 g/mol. The first kappa shape index (κ1) is 36.0. The molecule has 10 heteroatoms. The fraction of sp³-hybridized carbons (Fsp3) is 0.541. The van der Waals surface area contributed by atoms with Gasteiger partial charge in [0.1, 0.15) is 23.1 Å². The van der Waals surface area contributed by atoms with Gasteiger partial charge in [0.25, 0.3) is 0 Å². The van der Waals surface area contributed by atoms with Crippen LogP contribution in [0.4, 0.5) is 5.69 Å². The second kappa shape index (κ2) is 16.8. The summed E-state index contributed by atoms with van der Waals surface area (Å²) in [6.45, 7) is 3.64. The Morgan fingerprint density at radius 1 is 1.04 bits per heavy atom. The minimum atomic E-state index is -1.00. The summed E-state index contributed by atoms with van der Waals surface area (Å²) in [6, 6.07) is 2.73. The van der Waals surface area contributed by atoms with E-state index in [0.717, 1.165) is 32.1 Å². The molecule has 2 aliphatic carbocycles. The molecule has 0 spiro atoms. The maximum atomic E-state index is 13.5. The van der Waals surface area contributed by atoms with E-state index in [1.165, 1.54) is 19.2 Å². The molecule has 2 fully saturated rings. The molecule has 0 saturated heterocycles. The first-order valence-electron chi connectivity index (χ1n) is 16.8. The van der Waals surface area contributed by atoms with Gasteiger partial charge >= 0.3 is 5.97 Å². The number of amides is 2. The fourth-order valence-electron chi connectivity index (χ4n) is 6.21.